The Kier molecular flexibility index (Phi) is 6.13. The van der Waals surface area contributed by atoms with E-state index in [9.17, 15) is 0 Å². The van der Waals surface area contributed by atoms with Crippen LogP contribution in [0.5, 0.6) is 0 Å². The quantitative estimate of drug-likeness (QED) is 0.563. The SMILES string of the molecule is C#C.CCCc1ccccc1. The van der Waals surface area contributed by atoms with Gasteiger partial charge in [0.15, 0.2) is 0 Å². The average Bonchev–Trinajstić information content (AvgIpc) is 2.11. The molecule has 0 aliphatic carbocycles. The van der Waals surface area contributed by atoms with Crippen LogP contribution in [0.4, 0.5) is 0 Å². The second kappa shape index (κ2) is 6.89. The van der Waals surface area contributed by atoms with E-state index in [1.165, 1.54) is 18.4 Å². The van der Waals surface area contributed by atoms with Crippen LogP contribution in [-0.4, -0.2) is 0 Å². The van der Waals surface area contributed by atoms with Gasteiger partial charge in [0, 0.05) is 0 Å². The van der Waals surface area contributed by atoms with Gasteiger partial charge in [-0.1, -0.05) is 43.7 Å². The normalized spacial score (nSPS) is 7.91. The standard InChI is InChI=1S/C9H12.C2H2/c1-2-6-9-7-4-3-5-8-9;1-2/h3-5,7-8H,2,6H2,1H3;1-2H. The molecular weight excluding hydrogens is 132 g/mol. The van der Waals surface area contributed by atoms with Crippen molar-refractivity contribution in [2.24, 2.45) is 0 Å². The predicted octanol–water partition coefficient (Wildman–Crippen LogP) is 2.89. The lowest BCUT2D eigenvalue weighted by Gasteiger charge is -1.93. The molecule has 0 fully saturated rings. The minimum absolute atomic E-state index is 1.21. The summed E-state index contributed by atoms with van der Waals surface area (Å²) in [6.07, 6.45) is 10.4. The Morgan fingerprint density at radius 3 is 2.09 bits per heavy atom. The highest BCUT2D eigenvalue weighted by atomic mass is 13.9. The van der Waals surface area contributed by atoms with E-state index >= 15 is 0 Å². The third-order valence-corrected chi connectivity index (χ3v) is 1.38. The molecule has 0 aliphatic heterocycles. The Morgan fingerprint density at radius 2 is 1.64 bits per heavy atom. The van der Waals surface area contributed by atoms with Crippen molar-refractivity contribution in [1.82, 2.24) is 0 Å². The number of terminal acetylenes is 1. The zero-order valence-electron chi connectivity index (χ0n) is 6.96. The van der Waals surface area contributed by atoms with Crippen LogP contribution in [0, 0.1) is 12.8 Å². The van der Waals surface area contributed by atoms with Crippen molar-refractivity contribution in [2.75, 3.05) is 0 Å². The number of hydrogen-bond acceptors (Lipinski definition) is 0. The highest BCUT2D eigenvalue weighted by Crippen LogP contribution is 2.00. The van der Waals surface area contributed by atoms with Crippen molar-refractivity contribution in [1.29, 1.82) is 0 Å². The first-order chi connectivity index (χ1) is 5.43. The first-order valence-corrected chi connectivity index (χ1v) is 3.80. The van der Waals surface area contributed by atoms with E-state index in [1.807, 2.05) is 0 Å². The number of aryl methyl sites for hydroxylation is 1. The summed E-state index contributed by atoms with van der Waals surface area (Å²) in [6.45, 7) is 2.20. The van der Waals surface area contributed by atoms with E-state index in [0.717, 1.165) is 0 Å². The van der Waals surface area contributed by atoms with Crippen molar-refractivity contribution in [2.45, 2.75) is 19.8 Å². The third-order valence-electron chi connectivity index (χ3n) is 1.38. The zero-order chi connectivity index (χ0) is 8.53. The lowest BCUT2D eigenvalue weighted by Crippen LogP contribution is -1.78. The minimum Gasteiger partial charge on any atom is -0.124 e. The fourth-order valence-corrected chi connectivity index (χ4v) is 0.933. The Bertz CT molecular complexity index is 184. The highest BCUT2D eigenvalue weighted by Gasteiger charge is 1.84. The largest absolute Gasteiger partial charge is 0.124 e. The lowest BCUT2D eigenvalue weighted by atomic mass is 10.1. The fourth-order valence-electron chi connectivity index (χ4n) is 0.933. The molecule has 1 aromatic rings. The third kappa shape index (κ3) is 4.22. The van der Waals surface area contributed by atoms with E-state index in [4.69, 9.17) is 0 Å². The van der Waals surface area contributed by atoms with Gasteiger partial charge in [-0.05, 0) is 12.0 Å². The lowest BCUT2D eigenvalue weighted by molar-refractivity contribution is 0.922. The second-order valence-electron chi connectivity index (χ2n) is 2.24. The van der Waals surface area contributed by atoms with Gasteiger partial charge in [0.2, 0.25) is 0 Å². The van der Waals surface area contributed by atoms with Crippen LogP contribution in [0.25, 0.3) is 0 Å². The molecule has 0 radical (unpaired) electrons. The maximum atomic E-state index is 4.00. The summed E-state index contributed by atoms with van der Waals surface area (Å²) in [5, 5.41) is 0. The van der Waals surface area contributed by atoms with Gasteiger partial charge in [-0.2, -0.15) is 0 Å². The molecule has 0 N–H and O–H groups in total. The summed E-state index contributed by atoms with van der Waals surface area (Å²) in [6, 6.07) is 10.6. The van der Waals surface area contributed by atoms with Gasteiger partial charge < -0.3 is 0 Å². The van der Waals surface area contributed by atoms with Crippen LogP contribution in [0.15, 0.2) is 30.3 Å². The van der Waals surface area contributed by atoms with Crippen molar-refractivity contribution in [3.63, 3.8) is 0 Å². The van der Waals surface area contributed by atoms with Crippen molar-refractivity contribution in [3.05, 3.63) is 35.9 Å². The molecule has 0 nitrogen and oxygen atoms in total. The van der Waals surface area contributed by atoms with Crippen molar-refractivity contribution < 1.29 is 0 Å². The molecule has 0 bridgehead atoms. The smallest absolute Gasteiger partial charge is 0.0281 e. The summed E-state index contributed by atoms with van der Waals surface area (Å²) in [4.78, 5) is 0. The summed E-state index contributed by atoms with van der Waals surface area (Å²) in [7, 11) is 0. The molecule has 0 unspecified atom stereocenters. The molecule has 0 saturated carbocycles. The maximum absolute atomic E-state index is 4.00. The Balaban J connectivity index is 0.000000461. The topological polar surface area (TPSA) is 0 Å². The molecule has 0 heterocycles. The predicted molar refractivity (Wildman–Crippen MR) is 50.3 cm³/mol. The molecule has 0 aliphatic rings. The maximum Gasteiger partial charge on any atom is -0.0281 e. The van der Waals surface area contributed by atoms with E-state index in [-0.39, 0.29) is 0 Å². The van der Waals surface area contributed by atoms with Gasteiger partial charge in [0.25, 0.3) is 0 Å². The monoisotopic (exact) mass is 146 g/mol. The average molecular weight is 146 g/mol. The molecule has 11 heavy (non-hydrogen) atoms. The van der Waals surface area contributed by atoms with Crippen molar-refractivity contribution in [3.8, 4) is 12.8 Å². The minimum atomic E-state index is 1.21. The Hall–Kier alpha value is -1.22. The van der Waals surface area contributed by atoms with Crippen LogP contribution in [0.2, 0.25) is 0 Å². The summed E-state index contributed by atoms with van der Waals surface area (Å²) >= 11 is 0. The van der Waals surface area contributed by atoms with E-state index in [2.05, 4.69) is 50.1 Å². The zero-order valence-corrected chi connectivity index (χ0v) is 6.96. The van der Waals surface area contributed by atoms with Gasteiger partial charge in [-0.3, -0.25) is 0 Å². The van der Waals surface area contributed by atoms with Crippen LogP contribution < -0.4 is 0 Å². The summed E-state index contributed by atoms with van der Waals surface area (Å²) in [5.74, 6) is 0. The van der Waals surface area contributed by atoms with Crippen LogP contribution in [0.3, 0.4) is 0 Å². The molecule has 0 atom stereocenters. The van der Waals surface area contributed by atoms with Crippen LogP contribution in [0.1, 0.15) is 18.9 Å². The van der Waals surface area contributed by atoms with Crippen LogP contribution >= 0.6 is 0 Å². The molecule has 1 rings (SSSR count). The van der Waals surface area contributed by atoms with Gasteiger partial charge in [0.05, 0.1) is 0 Å². The van der Waals surface area contributed by atoms with Gasteiger partial charge in [-0.25, -0.2) is 0 Å². The summed E-state index contributed by atoms with van der Waals surface area (Å²) in [5.41, 5.74) is 1.44. The molecule has 58 valence electrons. The van der Waals surface area contributed by atoms with Gasteiger partial charge in [-0.15, -0.1) is 12.8 Å². The number of benzene rings is 1. The fraction of sp³-hybridized carbons (Fsp3) is 0.273. The second-order valence-corrected chi connectivity index (χ2v) is 2.24. The molecule has 0 saturated heterocycles. The molecule has 0 amide bonds. The highest BCUT2D eigenvalue weighted by molar-refractivity contribution is 5.14. The Labute approximate surface area is 69.3 Å². The van der Waals surface area contributed by atoms with Crippen molar-refractivity contribution >= 4 is 0 Å². The Morgan fingerprint density at radius 1 is 1.09 bits per heavy atom. The summed E-state index contributed by atoms with van der Waals surface area (Å²) < 4.78 is 0. The first kappa shape index (κ1) is 9.78. The van der Waals surface area contributed by atoms with Crippen LogP contribution in [-0.2, 0) is 6.42 Å². The van der Waals surface area contributed by atoms with E-state index in [0.29, 0.717) is 0 Å². The first-order valence-electron chi connectivity index (χ1n) is 3.80. The molecule has 0 aromatic heterocycles. The molecular formula is C11H14. The van der Waals surface area contributed by atoms with E-state index < -0.39 is 0 Å². The number of hydrogen-bond donors (Lipinski definition) is 0. The number of rotatable bonds is 2. The molecule has 0 heteroatoms. The van der Waals surface area contributed by atoms with E-state index in [1.54, 1.807) is 0 Å². The van der Waals surface area contributed by atoms with Gasteiger partial charge >= 0.3 is 0 Å². The van der Waals surface area contributed by atoms with Gasteiger partial charge in [0.1, 0.15) is 0 Å². The molecule has 1 aromatic carbocycles. The molecule has 0 spiro atoms.